The molecule has 2 aromatic rings. The molecule has 0 amide bonds. The molecule has 0 bridgehead atoms. The second-order valence-electron chi connectivity index (χ2n) is 7.71. The highest BCUT2D eigenvalue weighted by Gasteiger charge is 2.20. The van der Waals surface area contributed by atoms with Crippen LogP contribution in [0.1, 0.15) is 26.6 Å². The van der Waals surface area contributed by atoms with Gasteiger partial charge >= 0.3 is 0 Å². The van der Waals surface area contributed by atoms with Crippen LogP contribution in [0.4, 0.5) is 17.3 Å². The first-order valence-corrected chi connectivity index (χ1v) is 9.12. The van der Waals surface area contributed by atoms with Gasteiger partial charge in [-0.05, 0) is 52.0 Å². The van der Waals surface area contributed by atoms with E-state index in [1.807, 2.05) is 19.1 Å². The zero-order valence-electron chi connectivity index (χ0n) is 16.4. The van der Waals surface area contributed by atoms with Crippen molar-refractivity contribution in [3.05, 3.63) is 36.2 Å². The van der Waals surface area contributed by atoms with Crippen LogP contribution in [0.15, 0.2) is 30.3 Å². The molecule has 3 rings (SSSR count). The lowest BCUT2D eigenvalue weighted by atomic mass is 10.1. The van der Waals surface area contributed by atoms with Crippen molar-refractivity contribution in [1.29, 1.82) is 0 Å². The van der Waals surface area contributed by atoms with Crippen molar-refractivity contribution in [3.8, 4) is 5.75 Å². The van der Waals surface area contributed by atoms with Crippen molar-refractivity contribution in [2.45, 2.75) is 33.2 Å². The van der Waals surface area contributed by atoms with E-state index >= 15 is 0 Å². The first kappa shape index (κ1) is 18.3. The molecule has 1 aromatic heterocycles. The molecule has 6 heteroatoms. The van der Waals surface area contributed by atoms with E-state index in [4.69, 9.17) is 4.74 Å². The molecule has 1 saturated heterocycles. The molecular weight excluding hydrogens is 326 g/mol. The number of ether oxygens (including phenoxy) is 1. The Bertz CT molecular complexity index is 731. The maximum Gasteiger partial charge on any atom is 0.134 e. The van der Waals surface area contributed by atoms with Crippen LogP contribution in [0.25, 0.3) is 0 Å². The van der Waals surface area contributed by atoms with Gasteiger partial charge in [-0.1, -0.05) is 0 Å². The Balaban J connectivity index is 1.67. The van der Waals surface area contributed by atoms with Gasteiger partial charge in [0.25, 0.3) is 0 Å². The Morgan fingerprint density at radius 3 is 2.15 bits per heavy atom. The number of nitrogens with one attached hydrogen (secondary N) is 1. The predicted octanol–water partition coefficient (Wildman–Crippen LogP) is 3.33. The molecule has 1 N–H and O–H groups in total. The maximum atomic E-state index is 5.24. The van der Waals surface area contributed by atoms with Gasteiger partial charge in [-0.15, -0.1) is 0 Å². The lowest BCUT2D eigenvalue weighted by Crippen LogP contribution is -2.47. The molecule has 0 spiro atoms. The van der Waals surface area contributed by atoms with Crippen molar-refractivity contribution < 1.29 is 4.74 Å². The Labute approximate surface area is 156 Å². The summed E-state index contributed by atoms with van der Waals surface area (Å²) in [6.45, 7) is 12.2. The van der Waals surface area contributed by atoms with Crippen LogP contribution in [0.5, 0.6) is 5.75 Å². The smallest absolute Gasteiger partial charge is 0.134 e. The van der Waals surface area contributed by atoms with Crippen molar-refractivity contribution in [2.75, 3.05) is 48.4 Å². The third kappa shape index (κ3) is 4.56. The van der Waals surface area contributed by atoms with Crippen molar-refractivity contribution in [1.82, 2.24) is 9.97 Å². The summed E-state index contributed by atoms with van der Waals surface area (Å²) in [5.74, 6) is 3.57. The fourth-order valence-corrected chi connectivity index (χ4v) is 3.15. The first-order valence-electron chi connectivity index (χ1n) is 9.12. The van der Waals surface area contributed by atoms with Crippen LogP contribution >= 0.6 is 0 Å². The Hall–Kier alpha value is -2.50. The highest BCUT2D eigenvalue weighted by molar-refractivity contribution is 5.54. The molecular formula is C20H29N5O. The lowest BCUT2D eigenvalue weighted by Gasteiger charge is -2.37. The van der Waals surface area contributed by atoms with E-state index in [-0.39, 0.29) is 5.54 Å². The van der Waals surface area contributed by atoms with Gasteiger partial charge in [-0.25, -0.2) is 9.97 Å². The molecule has 6 nitrogen and oxygen atoms in total. The summed E-state index contributed by atoms with van der Waals surface area (Å²) in [6, 6.07) is 10.3. The molecule has 0 radical (unpaired) electrons. The summed E-state index contributed by atoms with van der Waals surface area (Å²) >= 11 is 0. The lowest BCUT2D eigenvalue weighted by molar-refractivity contribution is 0.415. The molecule has 26 heavy (non-hydrogen) atoms. The van der Waals surface area contributed by atoms with Gasteiger partial charge in [-0.3, -0.25) is 0 Å². The molecule has 0 atom stereocenters. The molecule has 1 aromatic carbocycles. The average Bonchev–Trinajstić information content (AvgIpc) is 2.60. The summed E-state index contributed by atoms with van der Waals surface area (Å²) in [5, 5.41) is 3.45. The largest absolute Gasteiger partial charge is 0.497 e. The van der Waals surface area contributed by atoms with Gasteiger partial charge in [0.05, 0.1) is 7.11 Å². The third-order valence-corrected chi connectivity index (χ3v) is 4.37. The van der Waals surface area contributed by atoms with Crippen molar-refractivity contribution in [2.24, 2.45) is 0 Å². The zero-order valence-corrected chi connectivity index (χ0v) is 16.4. The van der Waals surface area contributed by atoms with E-state index in [9.17, 15) is 0 Å². The van der Waals surface area contributed by atoms with Crippen LogP contribution in [-0.2, 0) is 0 Å². The zero-order chi connectivity index (χ0) is 18.7. The maximum absolute atomic E-state index is 5.24. The number of hydrogen-bond acceptors (Lipinski definition) is 6. The van der Waals surface area contributed by atoms with Gasteiger partial charge in [0.15, 0.2) is 0 Å². The molecule has 0 unspecified atom stereocenters. The molecule has 1 aliphatic rings. The Morgan fingerprint density at radius 1 is 0.962 bits per heavy atom. The molecule has 0 aliphatic carbocycles. The SMILES string of the molecule is COc1ccc(N2CCN(c3cc(NC(C)(C)C)nc(C)n3)CC2)cc1. The number of methoxy groups -OCH3 is 1. The summed E-state index contributed by atoms with van der Waals surface area (Å²) in [6.07, 6.45) is 0. The monoisotopic (exact) mass is 355 g/mol. The molecule has 1 fully saturated rings. The standard InChI is InChI=1S/C20H29N5O/c1-15-21-18(23-20(2,3)4)14-19(22-15)25-12-10-24(11-13-25)16-6-8-17(26-5)9-7-16/h6-9,14H,10-13H2,1-5H3,(H,21,22,23). The summed E-state index contributed by atoms with van der Waals surface area (Å²) in [4.78, 5) is 13.9. The molecule has 140 valence electrons. The summed E-state index contributed by atoms with van der Waals surface area (Å²) < 4.78 is 5.24. The van der Waals surface area contributed by atoms with E-state index < -0.39 is 0 Å². The number of anilines is 3. The number of rotatable bonds is 4. The molecule has 2 heterocycles. The van der Waals surface area contributed by atoms with E-state index in [2.05, 4.69) is 64.1 Å². The first-order chi connectivity index (χ1) is 12.3. The van der Waals surface area contributed by atoms with Gasteiger partial charge < -0.3 is 19.9 Å². The van der Waals surface area contributed by atoms with Crippen LogP contribution in [0, 0.1) is 6.92 Å². The fraction of sp³-hybridized carbons (Fsp3) is 0.500. The minimum Gasteiger partial charge on any atom is -0.497 e. The Morgan fingerprint density at radius 2 is 1.58 bits per heavy atom. The van der Waals surface area contributed by atoms with Gasteiger partial charge in [-0.2, -0.15) is 0 Å². The second-order valence-corrected chi connectivity index (χ2v) is 7.71. The number of aromatic nitrogens is 2. The highest BCUT2D eigenvalue weighted by Crippen LogP contribution is 2.23. The van der Waals surface area contributed by atoms with E-state index in [1.165, 1.54) is 5.69 Å². The topological polar surface area (TPSA) is 53.5 Å². The number of hydrogen-bond donors (Lipinski definition) is 1. The van der Waals surface area contributed by atoms with Gasteiger partial charge in [0.1, 0.15) is 23.2 Å². The number of benzene rings is 1. The summed E-state index contributed by atoms with van der Waals surface area (Å²) in [7, 11) is 1.69. The van der Waals surface area contributed by atoms with Crippen LogP contribution in [0.2, 0.25) is 0 Å². The molecule has 0 saturated carbocycles. The predicted molar refractivity (Wildman–Crippen MR) is 108 cm³/mol. The van der Waals surface area contributed by atoms with Crippen molar-refractivity contribution >= 4 is 17.3 Å². The highest BCUT2D eigenvalue weighted by atomic mass is 16.5. The van der Waals surface area contributed by atoms with Crippen LogP contribution in [0.3, 0.4) is 0 Å². The minimum atomic E-state index is -0.0227. The minimum absolute atomic E-state index is 0.0227. The van der Waals surface area contributed by atoms with Crippen LogP contribution in [-0.4, -0.2) is 48.8 Å². The Kier molecular flexibility index (Phi) is 5.20. The number of nitrogens with zero attached hydrogens (tertiary/aromatic N) is 4. The van der Waals surface area contributed by atoms with E-state index in [0.29, 0.717) is 0 Å². The quantitative estimate of drug-likeness (QED) is 0.908. The summed E-state index contributed by atoms with van der Waals surface area (Å²) in [5.41, 5.74) is 1.21. The third-order valence-electron chi connectivity index (χ3n) is 4.37. The van der Waals surface area contributed by atoms with Crippen LogP contribution < -0.4 is 19.9 Å². The number of piperazine rings is 1. The van der Waals surface area contributed by atoms with Gasteiger partial charge in [0, 0.05) is 43.5 Å². The van der Waals surface area contributed by atoms with Gasteiger partial charge in [0.2, 0.25) is 0 Å². The number of aryl methyl sites for hydroxylation is 1. The normalized spacial score (nSPS) is 15.1. The van der Waals surface area contributed by atoms with E-state index in [1.54, 1.807) is 7.11 Å². The fourth-order valence-electron chi connectivity index (χ4n) is 3.15. The molecule has 1 aliphatic heterocycles. The van der Waals surface area contributed by atoms with E-state index in [0.717, 1.165) is 49.4 Å². The second kappa shape index (κ2) is 7.40. The average molecular weight is 355 g/mol. The van der Waals surface area contributed by atoms with Crippen molar-refractivity contribution in [3.63, 3.8) is 0 Å².